The summed E-state index contributed by atoms with van der Waals surface area (Å²) in [5, 5.41) is 14.9. The Morgan fingerprint density at radius 3 is 2.71 bits per heavy atom. The molecule has 0 unspecified atom stereocenters. The van der Waals surface area contributed by atoms with E-state index in [1.54, 1.807) is 13.4 Å². The Morgan fingerprint density at radius 1 is 1.16 bits per heavy atom. The number of benzene rings is 1. The molecule has 2 heterocycles. The molecule has 0 radical (unpaired) electrons. The smallest absolute Gasteiger partial charge is 0.191 e. The highest BCUT2D eigenvalue weighted by atomic mass is 16.5. The lowest BCUT2D eigenvalue weighted by Crippen LogP contribution is -2.40. The van der Waals surface area contributed by atoms with Crippen molar-refractivity contribution in [3.05, 3.63) is 47.5 Å². The summed E-state index contributed by atoms with van der Waals surface area (Å²) in [5.74, 6) is 1.77. The molecule has 0 spiro atoms. The maximum Gasteiger partial charge on any atom is 0.191 e. The van der Waals surface area contributed by atoms with E-state index in [0.29, 0.717) is 19.7 Å². The number of hydrogen-bond donors (Lipinski definition) is 2. The molecule has 170 valence electrons. The molecule has 0 bridgehead atoms. The van der Waals surface area contributed by atoms with E-state index >= 15 is 0 Å². The highest BCUT2D eigenvalue weighted by molar-refractivity contribution is 5.79. The van der Waals surface area contributed by atoms with Gasteiger partial charge in [-0.2, -0.15) is 0 Å². The molecule has 0 atom stereocenters. The molecule has 0 amide bonds. The van der Waals surface area contributed by atoms with Gasteiger partial charge in [0, 0.05) is 52.8 Å². The first-order valence-corrected chi connectivity index (χ1v) is 11.0. The van der Waals surface area contributed by atoms with Gasteiger partial charge in [0.1, 0.15) is 12.2 Å². The second-order valence-corrected chi connectivity index (χ2v) is 7.46. The van der Waals surface area contributed by atoms with E-state index < -0.39 is 0 Å². The number of aryl methyl sites for hydroxylation is 1. The van der Waals surface area contributed by atoms with E-state index in [1.807, 2.05) is 0 Å². The van der Waals surface area contributed by atoms with Gasteiger partial charge in [0.2, 0.25) is 0 Å². The van der Waals surface area contributed by atoms with Crippen LogP contribution >= 0.6 is 0 Å². The highest BCUT2D eigenvalue weighted by Crippen LogP contribution is 2.14. The number of aromatic nitrogens is 3. The lowest BCUT2D eigenvalue weighted by atomic mass is 10.1. The van der Waals surface area contributed by atoms with E-state index in [-0.39, 0.29) is 0 Å². The third kappa shape index (κ3) is 7.61. The minimum Gasteiger partial charge on any atom is -0.383 e. The maximum absolute atomic E-state index is 5.47. The number of hydrogen-bond acceptors (Lipinski definition) is 6. The third-order valence-corrected chi connectivity index (χ3v) is 5.28. The van der Waals surface area contributed by atoms with Gasteiger partial charge in [-0.25, -0.2) is 4.99 Å². The predicted octanol–water partition coefficient (Wildman–Crippen LogP) is 1.05. The third-order valence-electron chi connectivity index (χ3n) is 5.28. The molecule has 31 heavy (non-hydrogen) atoms. The van der Waals surface area contributed by atoms with Crippen LogP contribution in [0.25, 0.3) is 0 Å². The van der Waals surface area contributed by atoms with E-state index in [0.717, 1.165) is 64.1 Å². The number of nitrogens with zero attached hydrogens (tertiary/aromatic N) is 5. The fraction of sp³-hybridized carbons (Fsp3) is 0.591. The van der Waals surface area contributed by atoms with Crippen LogP contribution in [0.1, 0.15) is 23.9 Å². The van der Waals surface area contributed by atoms with Gasteiger partial charge in [-0.1, -0.05) is 31.2 Å². The van der Waals surface area contributed by atoms with Crippen molar-refractivity contribution in [2.75, 3.05) is 53.1 Å². The quantitative estimate of drug-likeness (QED) is 0.314. The summed E-state index contributed by atoms with van der Waals surface area (Å²) < 4.78 is 12.7. The van der Waals surface area contributed by atoms with Crippen LogP contribution in [0.15, 0.2) is 35.6 Å². The summed E-state index contributed by atoms with van der Waals surface area (Å²) in [4.78, 5) is 7.27. The summed E-state index contributed by atoms with van der Waals surface area (Å²) >= 11 is 0. The molecule has 9 heteroatoms. The molecule has 1 aliphatic rings. The second kappa shape index (κ2) is 13.0. The first-order valence-electron chi connectivity index (χ1n) is 11.0. The van der Waals surface area contributed by atoms with Crippen molar-refractivity contribution in [2.45, 2.75) is 33.0 Å². The number of rotatable bonds is 11. The molecule has 0 aliphatic carbocycles. The lowest BCUT2D eigenvalue weighted by Gasteiger charge is -2.27. The van der Waals surface area contributed by atoms with Gasteiger partial charge in [-0.05, 0) is 11.1 Å². The summed E-state index contributed by atoms with van der Waals surface area (Å²) in [6.07, 6.45) is 2.64. The predicted molar refractivity (Wildman–Crippen MR) is 121 cm³/mol. The van der Waals surface area contributed by atoms with E-state index in [1.165, 1.54) is 11.1 Å². The summed E-state index contributed by atoms with van der Waals surface area (Å²) in [6.45, 7) is 10.1. The molecular formula is C22H35N7O2. The number of ether oxygens (including phenoxy) is 2. The van der Waals surface area contributed by atoms with Crippen LogP contribution < -0.4 is 10.6 Å². The van der Waals surface area contributed by atoms with Crippen molar-refractivity contribution < 1.29 is 9.47 Å². The molecular weight excluding hydrogens is 394 g/mol. The van der Waals surface area contributed by atoms with Crippen LogP contribution in [0.4, 0.5) is 0 Å². The van der Waals surface area contributed by atoms with Gasteiger partial charge < -0.3 is 24.7 Å². The zero-order chi connectivity index (χ0) is 21.7. The molecule has 1 saturated heterocycles. The van der Waals surface area contributed by atoms with Gasteiger partial charge >= 0.3 is 0 Å². The van der Waals surface area contributed by atoms with Crippen LogP contribution in [-0.4, -0.2) is 78.7 Å². The van der Waals surface area contributed by atoms with Gasteiger partial charge in [-0.3, -0.25) is 4.90 Å². The lowest BCUT2D eigenvalue weighted by molar-refractivity contribution is 0.0341. The number of methoxy groups -OCH3 is 1. The number of guanidine groups is 1. The Morgan fingerprint density at radius 2 is 1.94 bits per heavy atom. The van der Waals surface area contributed by atoms with E-state index in [2.05, 4.69) is 61.5 Å². The van der Waals surface area contributed by atoms with Crippen LogP contribution in [-0.2, 0) is 35.5 Å². The standard InChI is InChI=1S/C22H35N7O2/c1-3-21-27-26-18-29(21)10-8-23-22(24-9-13-30-2)25-16-19-6-4-5-7-20(19)17-28-11-14-31-15-12-28/h4-7,18H,3,8-17H2,1-2H3,(H2,23,24,25). The molecule has 0 saturated carbocycles. The summed E-state index contributed by atoms with van der Waals surface area (Å²) in [7, 11) is 1.70. The zero-order valence-corrected chi connectivity index (χ0v) is 18.7. The maximum atomic E-state index is 5.47. The molecule has 2 aromatic rings. The van der Waals surface area contributed by atoms with Gasteiger partial charge in [0.05, 0.1) is 26.4 Å². The molecule has 1 aromatic heterocycles. The van der Waals surface area contributed by atoms with Crippen molar-refractivity contribution in [1.82, 2.24) is 30.3 Å². The first kappa shape index (κ1) is 23.2. The molecule has 9 nitrogen and oxygen atoms in total. The van der Waals surface area contributed by atoms with Crippen molar-refractivity contribution >= 4 is 5.96 Å². The normalized spacial score (nSPS) is 15.2. The highest BCUT2D eigenvalue weighted by Gasteiger charge is 2.12. The van der Waals surface area contributed by atoms with Crippen LogP contribution in [0.3, 0.4) is 0 Å². The van der Waals surface area contributed by atoms with Crippen molar-refractivity contribution in [1.29, 1.82) is 0 Å². The van der Waals surface area contributed by atoms with Gasteiger partial charge in [-0.15, -0.1) is 10.2 Å². The Bertz CT molecular complexity index is 803. The molecule has 3 rings (SSSR count). The zero-order valence-electron chi connectivity index (χ0n) is 18.7. The van der Waals surface area contributed by atoms with E-state index in [9.17, 15) is 0 Å². The summed E-state index contributed by atoms with van der Waals surface area (Å²) in [6, 6.07) is 8.54. The van der Waals surface area contributed by atoms with E-state index in [4.69, 9.17) is 14.5 Å². The van der Waals surface area contributed by atoms with Crippen molar-refractivity contribution in [3.63, 3.8) is 0 Å². The molecule has 1 aromatic carbocycles. The van der Waals surface area contributed by atoms with Gasteiger partial charge in [0.15, 0.2) is 5.96 Å². The van der Waals surface area contributed by atoms with Crippen molar-refractivity contribution in [3.8, 4) is 0 Å². The molecule has 1 aliphatic heterocycles. The number of nitrogens with one attached hydrogen (secondary N) is 2. The topological polar surface area (TPSA) is 88.8 Å². The number of morpholine rings is 1. The molecule has 2 N–H and O–H groups in total. The minimum absolute atomic E-state index is 0.621. The van der Waals surface area contributed by atoms with Gasteiger partial charge in [0.25, 0.3) is 0 Å². The fourth-order valence-electron chi connectivity index (χ4n) is 3.51. The second-order valence-electron chi connectivity index (χ2n) is 7.46. The Kier molecular flexibility index (Phi) is 9.75. The fourth-order valence-corrected chi connectivity index (χ4v) is 3.51. The van der Waals surface area contributed by atoms with Crippen LogP contribution in [0.5, 0.6) is 0 Å². The first-order chi connectivity index (χ1) is 15.3. The Labute approximate surface area is 184 Å². The average molecular weight is 430 g/mol. The largest absolute Gasteiger partial charge is 0.383 e. The Hall–Kier alpha value is -2.49. The average Bonchev–Trinajstić information content (AvgIpc) is 3.26. The minimum atomic E-state index is 0.621. The molecule has 1 fully saturated rings. The van der Waals surface area contributed by atoms with Crippen molar-refractivity contribution in [2.24, 2.45) is 4.99 Å². The summed E-state index contributed by atoms with van der Waals surface area (Å²) in [5.41, 5.74) is 2.57. The monoisotopic (exact) mass is 429 g/mol. The van der Waals surface area contributed by atoms with Crippen LogP contribution in [0, 0.1) is 0 Å². The SMILES string of the molecule is CCc1nncn1CCNC(=NCc1ccccc1CN1CCOCC1)NCCOC. The number of aliphatic imine (C=N–C) groups is 1. The Balaban J connectivity index is 1.60. The van der Waals surface area contributed by atoms with Crippen LogP contribution in [0.2, 0.25) is 0 Å².